The van der Waals surface area contributed by atoms with Gasteiger partial charge in [-0.15, -0.1) is 0 Å². The Balaban J connectivity index is 2.33. The molecule has 1 aliphatic heterocycles. The third kappa shape index (κ3) is 3.39. The molecule has 0 bridgehead atoms. The van der Waals surface area contributed by atoms with E-state index in [1.165, 1.54) is 0 Å². The van der Waals surface area contributed by atoms with Gasteiger partial charge in [0.25, 0.3) is 0 Å². The number of nitrogens with one attached hydrogen (secondary N) is 1. The summed E-state index contributed by atoms with van der Waals surface area (Å²) in [6.07, 6.45) is -0.132. The Kier molecular flexibility index (Phi) is 5.25. The lowest BCUT2D eigenvalue weighted by atomic mass is 10.0. The van der Waals surface area contributed by atoms with Crippen molar-refractivity contribution in [1.29, 1.82) is 0 Å². The fourth-order valence-corrected chi connectivity index (χ4v) is 2.89. The lowest BCUT2D eigenvalue weighted by Gasteiger charge is -2.35. The summed E-state index contributed by atoms with van der Waals surface area (Å²) in [5.74, 6) is 0.432. The Morgan fingerprint density at radius 2 is 1.95 bits per heavy atom. The smallest absolute Gasteiger partial charge is 0.241 e. The maximum absolute atomic E-state index is 12.6. The number of carbonyl (C=O) groups is 1. The number of hydrogen-bond acceptors (Lipinski definition) is 3. The molecule has 3 unspecified atom stereocenters. The monoisotopic (exact) mass is 310 g/mol. The van der Waals surface area contributed by atoms with E-state index in [0.717, 1.165) is 5.56 Å². The molecule has 4 nitrogen and oxygen atoms in total. The Labute approximate surface area is 131 Å². The van der Waals surface area contributed by atoms with E-state index in [1.807, 2.05) is 36.1 Å². The number of ether oxygens (including phenoxy) is 1. The van der Waals surface area contributed by atoms with Crippen LogP contribution in [0.25, 0.3) is 0 Å². The Morgan fingerprint density at radius 3 is 2.48 bits per heavy atom. The molecule has 116 valence electrons. The van der Waals surface area contributed by atoms with Crippen molar-refractivity contribution in [1.82, 2.24) is 10.2 Å². The summed E-state index contributed by atoms with van der Waals surface area (Å²) in [6, 6.07) is 7.48. The molecule has 0 saturated carbocycles. The summed E-state index contributed by atoms with van der Waals surface area (Å²) >= 11 is 5.95. The van der Waals surface area contributed by atoms with E-state index in [4.69, 9.17) is 16.3 Å². The van der Waals surface area contributed by atoms with Crippen molar-refractivity contribution < 1.29 is 9.53 Å². The van der Waals surface area contributed by atoms with E-state index in [1.54, 1.807) is 7.11 Å². The van der Waals surface area contributed by atoms with Crippen molar-refractivity contribution in [2.45, 2.75) is 39.0 Å². The van der Waals surface area contributed by atoms with Crippen molar-refractivity contribution >= 4 is 17.5 Å². The predicted octanol–water partition coefficient (Wildman–Crippen LogP) is 2.83. The summed E-state index contributed by atoms with van der Waals surface area (Å²) in [7, 11) is 1.67. The lowest BCUT2D eigenvalue weighted by Crippen LogP contribution is -2.45. The summed E-state index contributed by atoms with van der Waals surface area (Å²) in [6.45, 7) is 6.65. The molecule has 1 aliphatic rings. The largest absolute Gasteiger partial charge is 0.383 e. The first-order valence-electron chi connectivity index (χ1n) is 7.28. The van der Waals surface area contributed by atoms with Crippen LogP contribution in [-0.2, 0) is 9.53 Å². The molecule has 0 aromatic heterocycles. The Morgan fingerprint density at radius 1 is 1.33 bits per heavy atom. The van der Waals surface area contributed by atoms with Crippen LogP contribution in [-0.4, -0.2) is 36.6 Å². The highest BCUT2D eigenvalue weighted by molar-refractivity contribution is 6.30. The number of carbonyl (C=O) groups excluding carboxylic acids is 1. The average molecular weight is 311 g/mol. The molecular formula is C16H23ClN2O2. The van der Waals surface area contributed by atoms with E-state index in [9.17, 15) is 4.79 Å². The van der Waals surface area contributed by atoms with Gasteiger partial charge in [0, 0.05) is 12.1 Å². The van der Waals surface area contributed by atoms with Crippen molar-refractivity contribution in [3.63, 3.8) is 0 Å². The normalized spacial score (nSPS) is 23.9. The molecule has 1 heterocycles. The maximum atomic E-state index is 12.6. The van der Waals surface area contributed by atoms with Crippen LogP contribution < -0.4 is 5.32 Å². The standard InChI is InChI=1S/C16H23ClN2O2/c1-10(2)14(9-21-4)19-15(18-11(3)16(19)20)12-5-7-13(17)8-6-12/h5-8,10-11,14-15,18H,9H2,1-4H3. The van der Waals surface area contributed by atoms with Gasteiger partial charge in [0.15, 0.2) is 0 Å². The van der Waals surface area contributed by atoms with Crippen molar-refractivity contribution in [3.8, 4) is 0 Å². The minimum Gasteiger partial charge on any atom is -0.383 e. The van der Waals surface area contributed by atoms with Gasteiger partial charge < -0.3 is 9.64 Å². The zero-order valence-electron chi connectivity index (χ0n) is 13.0. The predicted molar refractivity (Wildman–Crippen MR) is 84.1 cm³/mol. The van der Waals surface area contributed by atoms with Crippen LogP contribution in [0.1, 0.15) is 32.5 Å². The van der Waals surface area contributed by atoms with Crippen molar-refractivity contribution in [3.05, 3.63) is 34.9 Å². The fraction of sp³-hybridized carbons (Fsp3) is 0.562. The lowest BCUT2D eigenvalue weighted by molar-refractivity contribution is -0.134. The molecule has 3 atom stereocenters. The first-order valence-corrected chi connectivity index (χ1v) is 7.66. The molecule has 1 fully saturated rings. The maximum Gasteiger partial charge on any atom is 0.241 e. The molecule has 0 aliphatic carbocycles. The highest BCUT2D eigenvalue weighted by Gasteiger charge is 2.42. The molecule has 1 saturated heterocycles. The number of rotatable bonds is 5. The molecule has 1 N–H and O–H groups in total. The van der Waals surface area contributed by atoms with Crippen LogP contribution in [0.3, 0.4) is 0 Å². The number of amides is 1. The summed E-state index contributed by atoms with van der Waals surface area (Å²) < 4.78 is 5.32. The number of hydrogen-bond donors (Lipinski definition) is 1. The third-order valence-electron chi connectivity index (χ3n) is 3.96. The molecule has 5 heteroatoms. The van der Waals surface area contributed by atoms with Gasteiger partial charge in [0.05, 0.1) is 18.7 Å². The summed E-state index contributed by atoms with van der Waals surface area (Å²) in [4.78, 5) is 14.5. The molecule has 1 amide bonds. The van der Waals surface area contributed by atoms with Crippen LogP contribution in [0.4, 0.5) is 0 Å². The zero-order chi connectivity index (χ0) is 15.6. The average Bonchev–Trinajstić information content (AvgIpc) is 2.73. The van der Waals surface area contributed by atoms with Gasteiger partial charge in [-0.1, -0.05) is 37.6 Å². The highest BCUT2D eigenvalue weighted by atomic mass is 35.5. The van der Waals surface area contributed by atoms with Crippen LogP contribution in [0.15, 0.2) is 24.3 Å². The summed E-state index contributed by atoms with van der Waals surface area (Å²) in [5, 5.41) is 4.06. The third-order valence-corrected chi connectivity index (χ3v) is 4.21. The van der Waals surface area contributed by atoms with Crippen molar-refractivity contribution in [2.24, 2.45) is 5.92 Å². The van der Waals surface area contributed by atoms with E-state index in [-0.39, 0.29) is 24.2 Å². The molecule has 0 radical (unpaired) electrons. The van der Waals surface area contributed by atoms with Gasteiger partial charge in [-0.2, -0.15) is 0 Å². The first kappa shape index (κ1) is 16.3. The van der Waals surface area contributed by atoms with Gasteiger partial charge in [-0.05, 0) is 30.5 Å². The van der Waals surface area contributed by atoms with Gasteiger partial charge in [-0.25, -0.2) is 0 Å². The van der Waals surface area contributed by atoms with Crippen molar-refractivity contribution in [2.75, 3.05) is 13.7 Å². The first-order chi connectivity index (χ1) is 9.95. The molecule has 1 aromatic carbocycles. The number of methoxy groups -OCH3 is 1. The van der Waals surface area contributed by atoms with Crippen LogP contribution in [0.2, 0.25) is 5.02 Å². The number of nitrogens with zero attached hydrogens (tertiary/aromatic N) is 1. The Hall–Kier alpha value is -1.10. The van der Waals surface area contributed by atoms with Crippen LogP contribution in [0.5, 0.6) is 0 Å². The topological polar surface area (TPSA) is 41.6 Å². The van der Waals surface area contributed by atoms with E-state index >= 15 is 0 Å². The van der Waals surface area contributed by atoms with Gasteiger partial charge >= 0.3 is 0 Å². The van der Waals surface area contributed by atoms with Gasteiger partial charge in [0.2, 0.25) is 5.91 Å². The highest BCUT2D eigenvalue weighted by Crippen LogP contribution is 2.30. The number of halogens is 1. The van der Waals surface area contributed by atoms with Gasteiger partial charge in [0.1, 0.15) is 6.17 Å². The van der Waals surface area contributed by atoms with Crippen LogP contribution in [0, 0.1) is 5.92 Å². The second kappa shape index (κ2) is 6.77. The summed E-state index contributed by atoms with van der Waals surface area (Å²) in [5.41, 5.74) is 1.04. The SMILES string of the molecule is COCC(C(C)C)N1C(=O)C(C)NC1c1ccc(Cl)cc1. The Bertz CT molecular complexity index is 490. The molecule has 21 heavy (non-hydrogen) atoms. The van der Waals surface area contributed by atoms with Crippen LogP contribution >= 0.6 is 11.6 Å². The fourth-order valence-electron chi connectivity index (χ4n) is 2.76. The van der Waals surface area contributed by atoms with E-state index in [2.05, 4.69) is 19.2 Å². The zero-order valence-corrected chi connectivity index (χ0v) is 13.7. The molecular weight excluding hydrogens is 288 g/mol. The molecule has 1 aromatic rings. The minimum atomic E-state index is -0.191. The second-order valence-corrected chi connectivity index (χ2v) is 6.29. The quantitative estimate of drug-likeness (QED) is 0.909. The van der Waals surface area contributed by atoms with E-state index in [0.29, 0.717) is 17.5 Å². The number of benzene rings is 1. The molecule has 2 rings (SSSR count). The second-order valence-electron chi connectivity index (χ2n) is 5.85. The van der Waals surface area contributed by atoms with E-state index < -0.39 is 0 Å². The molecule has 0 spiro atoms. The van der Waals surface area contributed by atoms with Gasteiger partial charge in [-0.3, -0.25) is 10.1 Å². The minimum absolute atomic E-state index is 0.0422.